The van der Waals surface area contributed by atoms with Crippen molar-refractivity contribution in [2.75, 3.05) is 0 Å². The predicted molar refractivity (Wildman–Crippen MR) is 45.2 cm³/mol. The maximum atomic E-state index is 11.0. The number of amides is 1. The number of benzene rings is 1. The van der Waals surface area contributed by atoms with Crippen molar-refractivity contribution in [2.24, 2.45) is 0 Å². The molecule has 2 N–H and O–H groups in total. The molecule has 64 valence electrons. The van der Waals surface area contributed by atoms with Crippen LogP contribution in [-0.4, -0.2) is 11.1 Å². The molecular weight excluding hydrogens is 154 g/mol. The van der Waals surface area contributed by atoms with Crippen molar-refractivity contribution in [3.63, 3.8) is 0 Å². The number of hydrogen-bond donors (Lipinski definition) is 2. The fourth-order valence-electron chi connectivity index (χ4n) is 1.04. The predicted octanol–water partition coefficient (Wildman–Crippen LogP) is 1.42. The molecule has 0 aliphatic carbocycles. The smallest absolute Gasteiger partial charge is 0.274 e. The van der Waals surface area contributed by atoms with E-state index in [9.17, 15) is 4.79 Å². The van der Waals surface area contributed by atoms with Crippen LogP contribution in [0.15, 0.2) is 18.2 Å². The molecular formula is C9H11NO2. The number of nitrogens with one attached hydrogen (secondary N) is 1. The van der Waals surface area contributed by atoms with E-state index in [0.29, 0.717) is 5.56 Å². The zero-order chi connectivity index (χ0) is 9.14. The lowest BCUT2D eigenvalue weighted by Crippen LogP contribution is -2.19. The Morgan fingerprint density at radius 3 is 2.67 bits per heavy atom. The van der Waals surface area contributed by atoms with Crippen LogP contribution < -0.4 is 5.48 Å². The van der Waals surface area contributed by atoms with E-state index in [0.717, 1.165) is 11.1 Å². The molecule has 0 heterocycles. The molecule has 3 nitrogen and oxygen atoms in total. The highest BCUT2D eigenvalue weighted by Gasteiger charge is 2.06. The first kappa shape index (κ1) is 8.74. The molecule has 1 rings (SSSR count). The molecule has 0 aromatic heterocycles. The third kappa shape index (κ3) is 1.62. The van der Waals surface area contributed by atoms with Crippen LogP contribution in [-0.2, 0) is 0 Å². The van der Waals surface area contributed by atoms with E-state index in [1.807, 2.05) is 26.0 Å². The average molecular weight is 165 g/mol. The Morgan fingerprint density at radius 1 is 1.42 bits per heavy atom. The zero-order valence-electron chi connectivity index (χ0n) is 7.09. The second kappa shape index (κ2) is 3.36. The van der Waals surface area contributed by atoms with E-state index in [4.69, 9.17) is 5.21 Å². The molecule has 0 bridgehead atoms. The van der Waals surface area contributed by atoms with Gasteiger partial charge in [-0.25, -0.2) is 5.48 Å². The lowest BCUT2D eigenvalue weighted by molar-refractivity contribution is 0.0705. The van der Waals surface area contributed by atoms with Crippen LogP contribution in [0.1, 0.15) is 21.5 Å². The minimum Gasteiger partial charge on any atom is -0.288 e. The summed E-state index contributed by atoms with van der Waals surface area (Å²) in [4.78, 5) is 11.0. The molecule has 0 aliphatic heterocycles. The van der Waals surface area contributed by atoms with Crippen molar-refractivity contribution in [1.29, 1.82) is 0 Å². The van der Waals surface area contributed by atoms with Crippen molar-refractivity contribution < 1.29 is 10.0 Å². The van der Waals surface area contributed by atoms with E-state index >= 15 is 0 Å². The van der Waals surface area contributed by atoms with Gasteiger partial charge in [-0.05, 0) is 25.5 Å². The Labute approximate surface area is 71.0 Å². The lowest BCUT2D eigenvalue weighted by atomic mass is 10.1. The molecule has 0 aliphatic rings. The molecule has 1 aromatic carbocycles. The van der Waals surface area contributed by atoms with Gasteiger partial charge in [0.15, 0.2) is 0 Å². The van der Waals surface area contributed by atoms with Crippen LogP contribution in [0.25, 0.3) is 0 Å². The summed E-state index contributed by atoms with van der Waals surface area (Å²) in [7, 11) is 0. The molecule has 0 saturated carbocycles. The van der Waals surface area contributed by atoms with Crippen LogP contribution in [0, 0.1) is 13.8 Å². The first-order valence-corrected chi connectivity index (χ1v) is 3.67. The van der Waals surface area contributed by atoms with Gasteiger partial charge in [0.05, 0.1) is 0 Å². The van der Waals surface area contributed by atoms with Gasteiger partial charge in [0.1, 0.15) is 0 Å². The Hall–Kier alpha value is -1.35. The topological polar surface area (TPSA) is 49.3 Å². The van der Waals surface area contributed by atoms with E-state index in [2.05, 4.69) is 0 Å². The van der Waals surface area contributed by atoms with Crippen molar-refractivity contribution >= 4 is 5.91 Å². The molecule has 1 aromatic rings. The minimum atomic E-state index is -0.462. The van der Waals surface area contributed by atoms with Gasteiger partial charge in [0.2, 0.25) is 0 Å². The SMILES string of the molecule is Cc1ccc(C)c(C(=O)NO)c1. The summed E-state index contributed by atoms with van der Waals surface area (Å²) >= 11 is 0. The fourth-order valence-corrected chi connectivity index (χ4v) is 1.04. The number of rotatable bonds is 1. The lowest BCUT2D eigenvalue weighted by Gasteiger charge is -2.03. The van der Waals surface area contributed by atoms with Crippen molar-refractivity contribution in [2.45, 2.75) is 13.8 Å². The molecule has 0 unspecified atom stereocenters. The van der Waals surface area contributed by atoms with E-state index < -0.39 is 5.91 Å². The first-order valence-electron chi connectivity index (χ1n) is 3.67. The monoisotopic (exact) mass is 165 g/mol. The summed E-state index contributed by atoms with van der Waals surface area (Å²) in [6.45, 7) is 3.72. The van der Waals surface area contributed by atoms with Crippen LogP contribution in [0.3, 0.4) is 0 Å². The van der Waals surface area contributed by atoms with Gasteiger partial charge in [-0.1, -0.05) is 17.7 Å². The summed E-state index contributed by atoms with van der Waals surface area (Å²) < 4.78 is 0. The van der Waals surface area contributed by atoms with Crippen molar-refractivity contribution in [3.8, 4) is 0 Å². The normalized spacial score (nSPS) is 9.58. The highest BCUT2D eigenvalue weighted by Crippen LogP contribution is 2.09. The van der Waals surface area contributed by atoms with E-state index in [1.165, 1.54) is 0 Å². The number of hydroxylamine groups is 1. The summed E-state index contributed by atoms with van der Waals surface area (Å²) in [5, 5.41) is 8.40. The zero-order valence-corrected chi connectivity index (χ0v) is 7.09. The summed E-state index contributed by atoms with van der Waals surface area (Å²) in [5.41, 5.74) is 3.98. The largest absolute Gasteiger partial charge is 0.288 e. The van der Waals surface area contributed by atoms with Gasteiger partial charge in [0, 0.05) is 5.56 Å². The number of aryl methyl sites for hydroxylation is 2. The first-order chi connectivity index (χ1) is 5.65. The molecule has 0 radical (unpaired) electrons. The van der Waals surface area contributed by atoms with Crippen LogP contribution in [0.5, 0.6) is 0 Å². The summed E-state index contributed by atoms with van der Waals surface area (Å²) in [6, 6.07) is 5.50. The van der Waals surface area contributed by atoms with Crippen LogP contribution in [0.2, 0.25) is 0 Å². The second-order valence-electron chi connectivity index (χ2n) is 2.76. The van der Waals surface area contributed by atoms with Gasteiger partial charge in [-0.3, -0.25) is 10.0 Å². The molecule has 0 fully saturated rings. The Bertz CT molecular complexity index is 307. The minimum absolute atomic E-state index is 0.462. The fraction of sp³-hybridized carbons (Fsp3) is 0.222. The maximum Gasteiger partial charge on any atom is 0.274 e. The highest BCUT2D eigenvalue weighted by molar-refractivity contribution is 5.94. The summed E-state index contributed by atoms with van der Waals surface area (Å²) in [6.07, 6.45) is 0. The molecule has 0 saturated heterocycles. The molecule has 3 heteroatoms. The van der Waals surface area contributed by atoms with E-state index in [-0.39, 0.29) is 0 Å². The van der Waals surface area contributed by atoms with Crippen molar-refractivity contribution in [1.82, 2.24) is 5.48 Å². The molecule has 12 heavy (non-hydrogen) atoms. The third-order valence-electron chi connectivity index (χ3n) is 1.74. The highest BCUT2D eigenvalue weighted by atomic mass is 16.5. The quantitative estimate of drug-likeness (QED) is 0.488. The van der Waals surface area contributed by atoms with Gasteiger partial charge in [0.25, 0.3) is 5.91 Å². The Kier molecular flexibility index (Phi) is 2.45. The standard InChI is InChI=1S/C9H11NO2/c1-6-3-4-7(2)8(5-6)9(11)10-12/h3-5,12H,1-2H3,(H,10,11). The van der Waals surface area contributed by atoms with Crippen LogP contribution in [0.4, 0.5) is 0 Å². The van der Waals surface area contributed by atoms with Gasteiger partial charge in [-0.2, -0.15) is 0 Å². The number of carbonyl (C=O) groups excluding carboxylic acids is 1. The second-order valence-corrected chi connectivity index (χ2v) is 2.76. The molecule has 1 amide bonds. The van der Waals surface area contributed by atoms with E-state index in [1.54, 1.807) is 11.5 Å². The van der Waals surface area contributed by atoms with Crippen LogP contribution >= 0.6 is 0 Å². The van der Waals surface area contributed by atoms with Gasteiger partial charge < -0.3 is 0 Å². The molecule has 0 spiro atoms. The summed E-state index contributed by atoms with van der Waals surface area (Å²) in [5.74, 6) is -0.462. The Morgan fingerprint density at radius 2 is 2.08 bits per heavy atom. The number of carbonyl (C=O) groups is 1. The Balaban J connectivity index is 3.13. The van der Waals surface area contributed by atoms with Crippen molar-refractivity contribution in [3.05, 3.63) is 34.9 Å². The molecule has 0 atom stereocenters. The van der Waals surface area contributed by atoms with Gasteiger partial charge >= 0.3 is 0 Å². The maximum absolute atomic E-state index is 11.0. The average Bonchev–Trinajstić information content (AvgIpc) is 2.08. The number of hydrogen-bond acceptors (Lipinski definition) is 2. The third-order valence-corrected chi connectivity index (χ3v) is 1.74. The van der Waals surface area contributed by atoms with Gasteiger partial charge in [-0.15, -0.1) is 0 Å².